The number of fused-ring (bicyclic) bond motifs is 6. The number of carbonyl (C=O) groups is 2. The monoisotopic (exact) mass is 750 g/mol. The van der Waals surface area contributed by atoms with E-state index in [4.69, 9.17) is 9.47 Å². The van der Waals surface area contributed by atoms with Gasteiger partial charge in [-0.25, -0.2) is 4.79 Å². The summed E-state index contributed by atoms with van der Waals surface area (Å²) in [4.78, 5) is 26.1. The molecule has 4 nitrogen and oxygen atoms in total. The minimum atomic E-state index is -0.655. The summed E-state index contributed by atoms with van der Waals surface area (Å²) in [5.41, 5.74) is 13.6. The zero-order valence-electron chi connectivity index (χ0n) is 32.1. The number of methoxy groups -OCH3 is 1. The molecule has 0 atom stereocenters. The molecule has 10 rings (SSSR count). The smallest absolute Gasteiger partial charge is 0.343 e. The van der Waals surface area contributed by atoms with Crippen LogP contribution >= 0.6 is 0 Å². The Balaban J connectivity index is 1.01. The number of ether oxygens (including phenoxy) is 2. The summed E-state index contributed by atoms with van der Waals surface area (Å²) in [7, 11) is 1.68. The van der Waals surface area contributed by atoms with E-state index < -0.39 is 16.8 Å². The van der Waals surface area contributed by atoms with Gasteiger partial charge in [0.2, 0.25) is 0 Å². The first-order valence-corrected chi connectivity index (χ1v) is 19.5. The third-order valence-electron chi connectivity index (χ3n) is 12.2. The first-order valence-electron chi connectivity index (χ1n) is 19.5. The lowest BCUT2D eigenvalue weighted by Gasteiger charge is -2.34. The van der Waals surface area contributed by atoms with Crippen molar-refractivity contribution in [2.75, 3.05) is 7.11 Å². The molecule has 0 heterocycles. The van der Waals surface area contributed by atoms with Crippen molar-refractivity contribution < 1.29 is 19.1 Å². The van der Waals surface area contributed by atoms with Gasteiger partial charge in [-0.05, 0) is 110 Å². The van der Waals surface area contributed by atoms with E-state index in [9.17, 15) is 9.59 Å². The van der Waals surface area contributed by atoms with E-state index in [-0.39, 0.29) is 5.78 Å². The number of benzene rings is 8. The maximum absolute atomic E-state index is 13.8. The SMILES string of the molecule is COc1ccc(C2(c3ccc(OC(=O)c4ccc(C5(c6ccc(C(C)=O)cc6)c6ccccc6-c6ccccc65)cc4)cc3)c3ccccc3-c3ccccc32)cc1. The highest BCUT2D eigenvalue weighted by Crippen LogP contribution is 2.57. The van der Waals surface area contributed by atoms with Crippen LogP contribution in [0.3, 0.4) is 0 Å². The van der Waals surface area contributed by atoms with Crippen LogP contribution in [-0.2, 0) is 10.8 Å². The van der Waals surface area contributed by atoms with E-state index >= 15 is 0 Å². The van der Waals surface area contributed by atoms with Crippen molar-refractivity contribution in [1.29, 1.82) is 0 Å². The Morgan fingerprint density at radius 1 is 0.379 bits per heavy atom. The molecule has 2 aliphatic carbocycles. The molecular weight excluding hydrogens is 713 g/mol. The summed E-state index contributed by atoms with van der Waals surface area (Å²) in [6.07, 6.45) is 0. The van der Waals surface area contributed by atoms with Gasteiger partial charge in [0.15, 0.2) is 5.78 Å². The Kier molecular flexibility index (Phi) is 8.31. The highest BCUT2D eigenvalue weighted by molar-refractivity contribution is 5.95. The molecule has 0 radical (unpaired) electrons. The minimum Gasteiger partial charge on any atom is -0.497 e. The van der Waals surface area contributed by atoms with Crippen LogP contribution < -0.4 is 9.47 Å². The molecule has 58 heavy (non-hydrogen) atoms. The molecule has 0 saturated heterocycles. The van der Waals surface area contributed by atoms with E-state index in [1.165, 1.54) is 33.4 Å². The van der Waals surface area contributed by atoms with Crippen LogP contribution in [0.4, 0.5) is 0 Å². The van der Waals surface area contributed by atoms with Crippen molar-refractivity contribution in [2.45, 2.75) is 17.8 Å². The van der Waals surface area contributed by atoms with Crippen LogP contribution in [0.2, 0.25) is 0 Å². The molecule has 8 aromatic rings. The molecule has 0 spiro atoms. The molecule has 0 fully saturated rings. The molecule has 8 aromatic carbocycles. The van der Waals surface area contributed by atoms with Gasteiger partial charge >= 0.3 is 5.97 Å². The Bertz CT molecular complexity index is 2780. The van der Waals surface area contributed by atoms with Gasteiger partial charge in [0.1, 0.15) is 11.5 Å². The summed E-state index contributed by atoms with van der Waals surface area (Å²) in [5, 5.41) is 0. The Labute approximate surface area is 338 Å². The number of carbonyl (C=O) groups excluding carboxylic acids is 2. The minimum absolute atomic E-state index is 0.0243. The van der Waals surface area contributed by atoms with Crippen LogP contribution in [0.15, 0.2) is 194 Å². The third kappa shape index (κ3) is 5.15. The second kappa shape index (κ2) is 13.7. The van der Waals surface area contributed by atoms with Crippen LogP contribution in [0, 0.1) is 0 Å². The summed E-state index contributed by atoms with van der Waals surface area (Å²) in [5.74, 6) is 0.845. The molecule has 278 valence electrons. The van der Waals surface area contributed by atoms with Gasteiger partial charge in [-0.1, -0.05) is 158 Å². The first kappa shape index (κ1) is 35.1. The molecule has 0 aromatic heterocycles. The molecule has 0 unspecified atom stereocenters. The van der Waals surface area contributed by atoms with E-state index in [2.05, 4.69) is 133 Å². The van der Waals surface area contributed by atoms with Crippen molar-refractivity contribution >= 4 is 11.8 Å². The number of esters is 1. The van der Waals surface area contributed by atoms with Crippen LogP contribution in [0.5, 0.6) is 11.5 Å². The fourth-order valence-corrected chi connectivity index (χ4v) is 9.64. The van der Waals surface area contributed by atoms with Gasteiger partial charge in [-0.15, -0.1) is 0 Å². The maximum Gasteiger partial charge on any atom is 0.343 e. The number of ketones is 1. The molecular formula is C54H38O4. The van der Waals surface area contributed by atoms with Gasteiger partial charge in [0.25, 0.3) is 0 Å². The van der Waals surface area contributed by atoms with Crippen molar-refractivity contribution in [3.8, 4) is 33.8 Å². The van der Waals surface area contributed by atoms with Gasteiger partial charge < -0.3 is 9.47 Å². The van der Waals surface area contributed by atoms with Crippen LogP contribution in [-0.4, -0.2) is 18.9 Å². The largest absolute Gasteiger partial charge is 0.497 e. The van der Waals surface area contributed by atoms with Gasteiger partial charge in [0.05, 0.1) is 23.5 Å². The fourth-order valence-electron chi connectivity index (χ4n) is 9.64. The molecule has 0 amide bonds. The normalized spacial score (nSPS) is 13.8. The lowest BCUT2D eigenvalue weighted by molar-refractivity contribution is 0.0734. The maximum atomic E-state index is 13.8. The Morgan fingerprint density at radius 2 is 0.690 bits per heavy atom. The molecule has 0 saturated carbocycles. The van der Waals surface area contributed by atoms with Crippen molar-refractivity contribution in [3.05, 3.63) is 250 Å². The number of rotatable bonds is 8. The fraction of sp³-hybridized carbons (Fsp3) is 0.0741. The van der Waals surface area contributed by atoms with Gasteiger partial charge in [-0.3, -0.25) is 4.79 Å². The summed E-state index contributed by atoms with van der Waals surface area (Å²) < 4.78 is 11.6. The second-order valence-electron chi connectivity index (χ2n) is 15.0. The summed E-state index contributed by atoms with van der Waals surface area (Å²) in [6.45, 7) is 1.59. The summed E-state index contributed by atoms with van der Waals surface area (Å²) in [6, 6.07) is 66.1. The van der Waals surface area contributed by atoms with Gasteiger partial charge in [0, 0.05) is 5.56 Å². The van der Waals surface area contributed by atoms with Crippen LogP contribution in [0.1, 0.15) is 72.1 Å². The van der Waals surface area contributed by atoms with Crippen molar-refractivity contribution in [2.24, 2.45) is 0 Å². The molecule has 2 aliphatic rings. The Morgan fingerprint density at radius 3 is 1.03 bits per heavy atom. The summed E-state index contributed by atoms with van der Waals surface area (Å²) >= 11 is 0. The predicted octanol–water partition coefficient (Wildman–Crippen LogP) is 11.8. The number of Topliss-reactive ketones (excluding diaryl/α,β-unsaturated/α-hetero) is 1. The highest BCUT2D eigenvalue weighted by Gasteiger charge is 2.47. The first-order chi connectivity index (χ1) is 28.4. The topological polar surface area (TPSA) is 52.6 Å². The van der Waals surface area contributed by atoms with Crippen molar-refractivity contribution in [1.82, 2.24) is 0 Å². The molecule has 4 heteroatoms. The quantitative estimate of drug-likeness (QED) is 0.0881. The van der Waals surface area contributed by atoms with E-state index in [0.29, 0.717) is 16.9 Å². The zero-order chi connectivity index (χ0) is 39.4. The van der Waals surface area contributed by atoms with Crippen LogP contribution in [0.25, 0.3) is 22.3 Å². The molecule has 0 aliphatic heterocycles. The molecule has 0 bridgehead atoms. The van der Waals surface area contributed by atoms with Gasteiger partial charge in [-0.2, -0.15) is 0 Å². The average molecular weight is 751 g/mol. The Hall–Kier alpha value is -7.30. The van der Waals surface area contributed by atoms with Crippen molar-refractivity contribution in [3.63, 3.8) is 0 Å². The lowest BCUT2D eigenvalue weighted by Crippen LogP contribution is -2.28. The van der Waals surface area contributed by atoms with E-state index in [0.717, 1.165) is 39.1 Å². The van der Waals surface area contributed by atoms with E-state index in [1.54, 1.807) is 14.0 Å². The number of hydrogen-bond donors (Lipinski definition) is 0. The highest BCUT2D eigenvalue weighted by atomic mass is 16.5. The third-order valence-corrected chi connectivity index (χ3v) is 12.2. The predicted molar refractivity (Wildman–Crippen MR) is 229 cm³/mol. The molecule has 0 N–H and O–H groups in total. The van der Waals surface area contributed by atoms with E-state index in [1.807, 2.05) is 60.7 Å². The zero-order valence-corrected chi connectivity index (χ0v) is 32.1. The lowest BCUT2D eigenvalue weighted by atomic mass is 9.67. The number of hydrogen-bond acceptors (Lipinski definition) is 4. The average Bonchev–Trinajstić information content (AvgIpc) is 3.76. The standard InChI is InChI=1S/C54H38O4/c1-35(55)36-19-23-38(24-20-36)53(48-15-7-3-11-44(48)45-12-4-8-16-49(45)53)39-25-21-37(22-26-39)52(56)58-43-33-29-41(30-34-43)54(40-27-31-42(57-2)32-28-40)50-17-9-5-13-46(50)47-14-6-10-18-51(47)54/h3-34H,1-2H3. The second-order valence-corrected chi connectivity index (χ2v) is 15.0.